The third kappa shape index (κ3) is 11.0. The van der Waals surface area contributed by atoms with Gasteiger partial charge in [-0.15, -0.1) is 0 Å². The molecular weight excluding hydrogens is 798 g/mol. The van der Waals surface area contributed by atoms with Crippen LogP contribution < -0.4 is 26.6 Å². The highest BCUT2D eigenvalue weighted by atomic mass is 31.2. The summed E-state index contributed by atoms with van der Waals surface area (Å²) < 4.78 is 47.9. The van der Waals surface area contributed by atoms with Gasteiger partial charge in [0.15, 0.2) is 18.9 Å². The lowest BCUT2D eigenvalue weighted by Gasteiger charge is -2.30. The number of ether oxygens (including phenoxy) is 2. The molecule has 5 N–H and O–H groups in total. The van der Waals surface area contributed by atoms with Gasteiger partial charge in [0.1, 0.15) is 6.54 Å². The number of unbranched alkanes of at least 4 members (excludes halogenated alkanes) is 2. The van der Waals surface area contributed by atoms with E-state index in [1.807, 2.05) is 58.1 Å². The molecule has 0 radical (unpaired) electrons. The van der Waals surface area contributed by atoms with Crippen LogP contribution in [0.4, 0.5) is 11.4 Å². The molecule has 3 atom stereocenters. The molecule has 2 aliphatic rings. The van der Waals surface area contributed by atoms with Crippen molar-refractivity contribution in [3.63, 3.8) is 0 Å². The summed E-state index contributed by atoms with van der Waals surface area (Å²) in [6.07, 6.45) is 13.3. The Morgan fingerprint density at radius 1 is 0.864 bits per heavy atom. The second-order valence-electron chi connectivity index (χ2n) is 15.0. The van der Waals surface area contributed by atoms with E-state index in [2.05, 4.69) is 37.3 Å². The Morgan fingerprint density at radius 3 is 2.05 bits per heavy atom. The fraction of sp³-hybridized carbons (Fsp3) is 0.476. The molecule has 322 valence electrons. The molecule has 0 aliphatic carbocycles. The zero-order valence-corrected chi connectivity index (χ0v) is 36.9. The van der Waals surface area contributed by atoms with Crippen LogP contribution in [0.5, 0.6) is 0 Å². The fourth-order valence-electron chi connectivity index (χ4n) is 7.65. The number of esters is 2. The molecule has 0 saturated heterocycles. The molecule has 15 nitrogen and oxygen atoms in total. The molecule has 59 heavy (non-hydrogen) atoms. The van der Waals surface area contributed by atoms with E-state index >= 15 is 0 Å². The number of nitrogens with two attached hydrogens (primary N) is 1. The first-order valence-electron chi connectivity index (χ1n) is 19.7. The maximum Gasteiger partial charge on any atom is 0.359 e. The molecule has 2 aromatic carbocycles. The molecule has 4 rings (SSSR count). The van der Waals surface area contributed by atoms with Crippen molar-refractivity contribution in [1.82, 2.24) is 5.32 Å². The first kappa shape index (κ1) is 47.5. The second-order valence-corrected chi connectivity index (χ2v) is 18.6. The van der Waals surface area contributed by atoms with E-state index in [9.17, 15) is 33.3 Å². The number of benzene rings is 2. The molecule has 0 bridgehead atoms. The molecule has 1 amide bonds. The van der Waals surface area contributed by atoms with Gasteiger partial charge in [-0.25, -0.2) is 9.59 Å². The topological polar surface area (TPSA) is 207 Å². The van der Waals surface area contributed by atoms with Crippen LogP contribution in [-0.4, -0.2) is 91.5 Å². The smallest absolute Gasteiger partial charge is 0.359 e. The third-order valence-corrected chi connectivity index (χ3v) is 13.6. The van der Waals surface area contributed by atoms with Crippen molar-refractivity contribution in [1.29, 1.82) is 0 Å². The van der Waals surface area contributed by atoms with Crippen molar-refractivity contribution in [2.75, 3.05) is 58.5 Å². The van der Waals surface area contributed by atoms with Gasteiger partial charge >= 0.3 is 27.1 Å². The number of hydrogen-bond acceptors (Lipinski definition) is 11. The molecule has 2 aliphatic heterocycles. The summed E-state index contributed by atoms with van der Waals surface area (Å²) in [5.74, 6) is -1.55. The SMILES string of the molecule is CCN1/C(=C/C=C/C=C/C2=[N+](CC)c3ccc(P(=O)(O)OCC(=O)OC)cc3C2(C)C)C(C)(CCCCCC(=O)NCCN)c2cc(P(=O)(O)OCC(=O)OC)ccc21. The predicted molar refractivity (Wildman–Crippen MR) is 228 cm³/mol. The number of rotatable bonds is 21. The Bertz CT molecular complexity index is 2110. The van der Waals surface area contributed by atoms with Crippen LogP contribution in [0.2, 0.25) is 0 Å². The Hall–Kier alpha value is -4.20. The van der Waals surface area contributed by atoms with E-state index in [4.69, 9.17) is 14.8 Å². The van der Waals surface area contributed by atoms with Crippen molar-refractivity contribution < 1.29 is 56.4 Å². The lowest BCUT2D eigenvalue weighted by Crippen LogP contribution is -2.29. The minimum atomic E-state index is -4.38. The first-order valence-corrected chi connectivity index (χ1v) is 22.9. The van der Waals surface area contributed by atoms with Crippen molar-refractivity contribution in [2.45, 2.75) is 77.6 Å². The molecular formula is C42H59N4O11P2+. The van der Waals surface area contributed by atoms with Crippen LogP contribution in [0.15, 0.2) is 72.5 Å². The number of methoxy groups -OCH3 is 2. The van der Waals surface area contributed by atoms with Crippen molar-refractivity contribution in [2.24, 2.45) is 5.73 Å². The van der Waals surface area contributed by atoms with Gasteiger partial charge < -0.3 is 35.2 Å². The second kappa shape index (κ2) is 20.4. The van der Waals surface area contributed by atoms with Crippen LogP contribution in [-0.2, 0) is 52.9 Å². The Labute approximate surface area is 347 Å². The number of hydrogen-bond donors (Lipinski definition) is 4. The average Bonchev–Trinajstić information content (AvgIpc) is 3.58. The number of nitrogens with zero attached hydrogens (tertiary/aromatic N) is 2. The Kier molecular flexibility index (Phi) is 16.4. The summed E-state index contributed by atoms with van der Waals surface area (Å²) in [6, 6.07) is 10.1. The van der Waals surface area contributed by atoms with E-state index in [0.29, 0.717) is 45.4 Å². The Balaban J connectivity index is 1.64. The number of allylic oxidation sites excluding steroid dienone is 6. The van der Waals surface area contributed by atoms with Crippen LogP contribution >= 0.6 is 15.2 Å². The molecule has 2 aromatic rings. The van der Waals surface area contributed by atoms with Gasteiger partial charge in [0, 0.05) is 60.6 Å². The zero-order valence-electron chi connectivity index (χ0n) is 35.1. The summed E-state index contributed by atoms with van der Waals surface area (Å²) in [6.45, 7) is 11.0. The standard InChI is InChI=1S/C42H58N4O11P2/c1-8-45-34-21-19-30(58(50,51)56-28-39(48)54-6)26-32(34)41(3,4)36(45)16-12-10-13-17-37-42(5,23-15-11-14-18-38(47)44-25-24-43)33-27-31(20-22-35(33)46(37)9-2)59(52,53)57-29-40(49)55-7/h10,12-13,16-17,19-22,26-27H,8-9,11,14-15,18,23-25,28-29,43H2,1-7H3,(H2-,44,47,50,51,52,53)/p+1. The minimum absolute atomic E-state index is 0.0352. The highest BCUT2D eigenvalue weighted by Crippen LogP contribution is 2.52. The number of anilines is 1. The third-order valence-electron chi connectivity index (χ3n) is 10.8. The largest absolute Gasteiger partial charge is 0.467 e. The molecule has 2 heterocycles. The lowest BCUT2D eigenvalue weighted by molar-refractivity contribution is -0.433. The monoisotopic (exact) mass is 857 g/mol. The number of carbonyl (C=O) groups excluding carboxylic acids is 3. The van der Waals surface area contributed by atoms with E-state index < -0.39 is 51.2 Å². The molecule has 3 unspecified atom stereocenters. The van der Waals surface area contributed by atoms with Gasteiger partial charge in [0.2, 0.25) is 11.6 Å². The summed E-state index contributed by atoms with van der Waals surface area (Å²) in [5, 5.41) is 2.95. The summed E-state index contributed by atoms with van der Waals surface area (Å²) in [7, 11) is -6.33. The predicted octanol–water partition coefficient (Wildman–Crippen LogP) is 4.90. The van der Waals surface area contributed by atoms with Gasteiger partial charge in [-0.3, -0.25) is 23.0 Å². The quantitative estimate of drug-likeness (QED) is 0.0434. The van der Waals surface area contributed by atoms with Crippen LogP contribution in [0, 0.1) is 0 Å². The minimum Gasteiger partial charge on any atom is -0.467 e. The fourth-order valence-corrected chi connectivity index (χ4v) is 9.61. The van der Waals surface area contributed by atoms with E-state index in [1.54, 1.807) is 30.3 Å². The number of amides is 1. The maximum atomic E-state index is 13.3. The van der Waals surface area contributed by atoms with E-state index in [1.165, 1.54) is 14.2 Å². The zero-order chi connectivity index (χ0) is 43.6. The van der Waals surface area contributed by atoms with Gasteiger partial charge in [-0.1, -0.05) is 31.1 Å². The number of nitrogens with one attached hydrogen (secondary N) is 1. The maximum absolute atomic E-state index is 13.3. The number of likely N-dealkylation sites (N-methyl/N-ethyl adjacent to an activating group) is 1. The summed E-state index contributed by atoms with van der Waals surface area (Å²) in [4.78, 5) is 59.2. The average molecular weight is 858 g/mol. The van der Waals surface area contributed by atoms with E-state index in [-0.39, 0.29) is 16.5 Å². The molecule has 0 saturated carbocycles. The molecule has 0 spiro atoms. The Morgan fingerprint density at radius 2 is 1.47 bits per heavy atom. The normalized spacial score (nSPS) is 19.8. The highest BCUT2D eigenvalue weighted by Gasteiger charge is 2.46. The van der Waals surface area contributed by atoms with Gasteiger partial charge in [0.25, 0.3) is 0 Å². The molecule has 17 heteroatoms. The van der Waals surface area contributed by atoms with E-state index in [0.717, 1.165) is 46.8 Å². The van der Waals surface area contributed by atoms with Crippen molar-refractivity contribution >= 4 is 60.7 Å². The number of carbonyl (C=O) groups is 3. The molecule has 0 fully saturated rings. The van der Waals surface area contributed by atoms with Gasteiger partial charge in [0.05, 0.1) is 30.2 Å². The first-order chi connectivity index (χ1) is 27.9. The van der Waals surface area contributed by atoms with Gasteiger partial charge in [-0.05, 0) is 89.4 Å². The van der Waals surface area contributed by atoms with Crippen molar-refractivity contribution in [3.05, 3.63) is 83.6 Å². The van der Waals surface area contributed by atoms with Crippen LogP contribution in [0.25, 0.3) is 0 Å². The van der Waals surface area contributed by atoms with Crippen molar-refractivity contribution in [3.8, 4) is 0 Å². The summed E-state index contributed by atoms with van der Waals surface area (Å²) >= 11 is 0. The summed E-state index contributed by atoms with van der Waals surface area (Å²) in [5.41, 5.74) is 9.84. The van der Waals surface area contributed by atoms with Crippen LogP contribution in [0.1, 0.15) is 77.8 Å². The highest BCUT2D eigenvalue weighted by molar-refractivity contribution is 7.61. The lowest BCUT2D eigenvalue weighted by atomic mass is 9.77. The number of fused-ring (bicyclic) bond motifs is 2. The van der Waals surface area contributed by atoms with Gasteiger partial charge in [-0.2, -0.15) is 4.58 Å². The van der Waals surface area contributed by atoms with Crippen LogP contribution in [0.3, 0.4) is 0 Å². The molecule has 0 aromatic heterocycles.